The zero-order valence-electron chi connectivity index (χ0n) is 15.0. The average Bonchev–Trinajstić information content (AvgIpc) is 3.19. The van der Waals surface area contributed by atoms with Crippen LogP contribution in [-0.4, -0.2) is 49.5 Å². The first-order valence-corrected chi connectivity index (χ1v) is 10.7. The second-order valence-electron chi connectivity index (χ2n) is 5.65. The smallest absolute Gasteiger partial charge is 0.236 e. The normalized spacial score (nSPS) is 11.1. The van der Waals surface area contributed by atoms with E-state index in [1.165, 1.54) is 23.1 Å². The van der Waals surface area contributed by atoms with Crippen molar-refractivity contribution in [1.29, 1.82) is 0 Å². The van der Waals surface area contributed by atoms with E-state index >= 15 is 0 Å². The Bertz CT molecular complexity index is 731. The number of aromatic nitrogens is 5. The number of rotatable bonds is 11. The van der Waals surface area contributed by atoms with Gasteiger partial charge in [0.15, 0.2) is 15.3 Å². The summed E-state index contributed by atoms with van der Waals surface area (Å²) in [5, 5.41) is 20.2. The van der Waals surface area contributed by atoms with Gasteiger partial charge in [-0.3, -0.25) is 10.1 Å². The van der Waals surface area contributed by atoms with Crippen LogP contribution in [0.15, 0.2) is 22.2 Å². The number of carbonyl (C=O) groups is 1. The number of ether oxygens (including phenoxy) is 1. The minimum atomic E-state index is -0.159. The van der Waals surface area contributed by atoms with E-state index < -0.39 is 0 Å². The SMILES string of the molecule is C=CCn1c(COC)nnc1SCC(=O)Nc1nnc(SCC(C)C)s1. The Morgan fingerprint density at radius 3 is 2.85 bits per heavy atom. The molecule has 0 bridgehead atoms. The summed E-state index contributed by atoms with van der Waals surface area (Å²) in [7, 11) is 1.60. The van der Waals surface area contributed by atoms with Gasteiger partial charge in [0.25, 0.3) is 0 Å². The van der Waals surface area contributed by atoms with Gasteiger partial charge in [-0.2, -0.15) is 0 Å². The van der Waals surface area contributed by atoms with Crippen LogP contribution in [0.2, 0.25) is 0 Å². The summed E-state index contributed by atoms with van der Waals surface area (Å²) >= 11 is 4.34. The zero-order chi connectivity index (χ0) is 18.9. The first-order valence-electron chi connectivity index (χ1n) is 7.94. The van der Waals surface area contributed by atoms with Gasteiger partial charge in [0.1, 0.15) is 6.61 Å². The summed E-state index contributed by atoms with van der Waals surface area (Å²) in [5.41, 5.74) is 0. The van der Waals surface area contributed by atoms with Crippen molar-refractivity contribution in [3.05, 3.63) is 18.5 Å². The third-order valence-electron chi connectivity index (χ3n) is 2.90. The second kappa shape index (κ2) is 10.7. The van der Waals surface area contributed by atoms with Gasteiger partial charge in [0, 0.05) is 19.4 Å². The lowest BCUT2D eigenvalue weighted by Crippen LogP contribution is -2.14. The number of allylic oxidation sites excluding steroid dienone is 1. The Balaban J connectivity index is 1.88. The van der Waals surface area contributed by atoms with E-state index in [1.807, 2.05) is 4.57 Å². The maximum atomic E-state index is 12.2. The predicted molar refractivity (Wildman–Crippen MR) is 106 cm³/mol. The highest BCUT2D eigenvalue weighted by molar-refractivity contribution is 8.01. The number of hydrogen-bond donors (Lipinski definition) is 1. The Morgan fingerprint density at radius 2 is 2.15 bits per heavy atom. The van der Waals surface area contributed by atoms with E-state index in [-0.39, 0.29) is 11.7 Å². The summed E-state index contributed by atoms with van der Waals surface area (Å²) in [5.74, 6) is 2.30. The molecule has 0 aliphatic carbocycles. The molecule has 2 aromatic rings. The van der Waals surface area contributed by atoms with Crippen molar-refractivity contribution in [2.75, 3.05) is 23.9 Å². The van der Waals surface area contributed by atoms with Crippen LogP contribution in [0.3, 0.4) is 0 Å². The maximum absolute atomic E-state index is 12.2. The number of hydrogen-bond acceptors (Lipinski definition) is 9. The Labute approximate surface area is 165 Å². The molecule has 2 aromatic heterocycles. The van der Waals surface area contributed by atoms with Crippen molar-refractivity contribution in [2.24, 2.45) is 5.92 Å². The van der Waals surface area contributed by atoms with Gasteiger partial charge in [0.05, 0.1) is 5.75 Å². The third-order valence-corrected chi connectivity index (χ3v) is 6.27. The fourth-order valence-corrected chi connectivity index (χ4v) is 4.33. The lowest BCUT2D eigenvalue weighted by Gasteiger charge is -2.06. The first-order chi connectivity index (χ1) is 12.5. The molecule has 1 amide bonds. The predicted octanol–water partition coefficient (Wildman–Crippen LogP) is 2.94. The Kier molecular flexibility index (Phi) is 8.55. The molecule has 1 N–H and O–H groups in total. The van der Waals surface area contributed by atoms with Crippen LogP contribution in [0.5, 0.6) is 0 Å². The highest BCUT2D eigenvalue weighted by atomic mass is 32.2. The molecule has 0 spiro atoms. The quantitative estimate of drug-likeness (QED) is 0.341. The molecular weight excluding hydrogens is 392 g/mol. The monoisotopic (exact) mass is 414 g/mol. The van der Waals surface area contributed by atoms with E-state index in [0.29, 0.717) is 35.2 Å². The standard InChI is InChI=1S/C15H22N6O2S3/c1-5-6-21-11(7-23-4)17-19-14(21)24-9-12(22)16-13-18-20-15(26-13)25-8-10(2)3/h5,10H,1,6-9H2,2-4H3,(H,16,18,22). The molecule has 2 heterocycles. The number of amides is 1. The fraction of sp³-hybridized carbons (Fsp3) is 0.533. The van der Waals surface area contributed by atoms with Gasteiger partial charge in [-0.15, -0.1) is 27.0 Å². The van der Waals surface area contributed by atoms with Crippen LogP contribution in [0.4, 0.5) is 5.13 Å². The van der Waals surface area contributed by atoms with Gasteiger partial charge in [-0.25, -0.2) is 0 Å². The highest BCUT2D eigenvalue weighted by Crippen LogP contribution is 2.27. The van der Waals surface area contributed by atoms with Crippen LogP contribution in [0.25, 0.3) is 0 Å². The van der Waals surface area contributed by atoms with Gasteiger partial charge < -0.3 is 9.30 Å². The second-order valence-corrected chi connectivity index (χ2v) is 8.83. The van der Waals surface area contributed by atoms with Crippen molar-refractivity contribution < 1.29 is 9.53 Å². The summed E-state index contributed by atoms with van der Waals surface area (Å²) < 4.78 is 7.84. The molecule has 11 heteroatoms. The lowest BCUT2D eigenvalue weighted by molar-refractivity contribution is -0.113. The number of methoxy groups -OCH3 is 1. The van der Waals surface area contributed by atoms with E-state index in [0.717, 1.165) is 10.1 Å². The molecule has 0 saturated heterocycles. The highest BCUT2D eigenvalue weighted by Gasteiger charge is 2.14. The molecule has 0 aromatic carbocycles. The number of nitrogens with zero attached hydrogens (tertiary/aromatic N) is 5. The minimum absolute atomic E-state index is 0.159. The van der Waals surface area contributed by atoms with Crippen molar-refractivity contribution in [1.82, 2.24) is 25.0 Å². The minimum Gasteiger partial charge on any atom is -0.377 e. The number of anilines is 1. The van der Waals surface area contributed by atoms with Crippen molar-refractivity contribution in [3.63, 3.8) is 0 Å². The Hall–Kier alpha value is -1.43. The van der Waals surface area contributed by atoms with Gasteiger partial charge in [0.2, 0.25) is 11.0 Å². The van der Waals surface area contributed by atoms with Gasteiger partial charge in [-0.1, -0.05) is 54.8 Å². The number of thioether (sulfide) groups is 2. The number of carbonyl (C=O) groups excluding carboxylic acids is 1. The topological polar surface area (TPSA) is 94.8 Å². The maximum Gasteiger partial charge on any atom is 0.236 e. The molecule has 0 unspecified atom stereocenters. The van der Waals surface area contributed by atoms with Gasteiger partial charge >= 0.3 is 0 Å². The zero-order valence-corrected chi connectivity index (χ0v) is 17.4. The lowest BCUT2D eigenvalue weighted by atomic mass is 10.3. The fourth-order valence-electron chi connectivity index (χ4n) is 1.82. The Morgan fingerprint density at radius 1 is 1.35 bits per heavy atom. The van der Waals surface area contributed by atoms with E-state index in [4.69, 9.17) is 4.74 Å². The molecule has 142 valence electrons. The molecule has 0 aliphatic heterocycles. The molecule has 0 saturated carbocycles. The van der Waals surface area contributed by atoms with Gasteiger partial charge in [-0.05, 0) is 5.92 Å². The van der Waals surface area contributed by atoms with Crippen molar-refractivity contribution in [3.8, 4) is 0 Å². The molecule has 26 heavy (non-hydrogen) atoms. The summed E-state index contributed by atoms with van der Waals surface area (Å²) in [6.07, 6.45) is 1.75. The third kappa shape index (κ3) is 6.38. The van der Waals surface area contributed by atoms with Crippen molar-refractivity contribution in [2.45, 2.75) is 36.5 Å². The summed E-state index contributed by atoms with van der Waals surface area (Å²) in [6.45, 7) is 8.95. The van der Waals surface area contributed by atoms with E-state index in [9.17, 15) is 4.79 Å². The first kappa shape index (κ1) is 20.9. The molecular formula is C15H22N6O2S3. The van der Waals surface area contributed by atoms with E-state index in [1.54, 1.807) is 24.9 Å². The van der Waals surface area contributed by atoms with Crippen molar-refractivity contribution >= 4 is 45.9 Å². The average molecular weight is 415 g/mol. The largest absolute Gasteiger partial charge is 0.377 e. The summed E-state index contributed by atoms with van der Waals surface area (Å²) in [4.78, 5) is 12.2. The summed E-state index contributed by atoms with van der Waals surface area (Å²) in [6, 6.07) is 0. The molecule has 8 nitrogen and oxygen atoms in total. The van der Waals surface area contributed by atoms with Crippen LogP contribution >= 0.6 is 34.9 Å². The van der Waals surface area contributed by atoms with Crippen LogP contribution < -0.4 is 5.32 Å². The molecule has 0 radical (unpaired) electrons. The van der Waals surface area contributed by atoms with Crippen LogP contribution in [-0.2, 0) is 22.7 Å². The molecule has 2 rings (SSSR count). The molecule has 0 atom stereocenters. The van der Waals surface area contributed by atoms with E-state index in [2.05, 4.69) is 46.1 Å². The van der Waals surface area contributed by atoms with Crippen LogP contribution in [0.1, 0.15) is 19.7 Å². The molecule has 0 fully saturated rings. The number of nitrogens with one attached hydrogen (secondary N) is 1. The molecule has 0 aliphatic rings. The van der Waals surface area contributed by atoms with Crippen LogP contribution in [0, 0.1) is 5.92 Å².